The Labute approximate surface area is 86.1 Å². The van der Waals surface area contributed by atoms with Crippen LogP contribution in [-0.4, -0.2) is 25.3 Å². The van der Waals surface area contributed by atoms with E-state index < -0.39 is 8.25 Å². The summed E-state index contributed by atoms with van der Waals surface area (Å²) in [5, 5.41) is 0. The molecule has 0 amide bonds. The van der Waals surface area contributed by atoms with Crippen LogP contribution in [-0.2, 0) is 13.6 Å². The maximum absolute atomic E-state index is 11.1. The van der Waals surface area contributed by atoms with Crippen molar-refractivity contribution in [2.24, 2.45) is 11.5 Å². The molecule has 4 N–H and O–H groups in total. The zero-order chi connectivity index (χ0) is 11.0. The molecule has 3 atom stereocenters. The summed E-state index contributed by atoms with van der Waals surface area (Å²) < 4.78 is 21.1. The second-order valence-electron chi connectivity index (χ2n) is 3.22. The third-order valence-electron chi connectivity index (χ3n) is 1.79. The summed E-state index contributed by atoms with van der Waals surface area (Å²) >= 11 is 0. The molecule has 0 saturated heterocycles. The first kappa shape index (κ1) is 13.9. The van der Waals surface area contributed by atoms with Crippen molar-refractivity contribution >= 4 is 8.25 Å². The summed E-state index contributed by atoms with van der Waals surface area (Å²) in [6.45, 7) is 4.60. The summed E-state index contributed by atoms with van der Waals surface area (Å²) in [6.07, 6.45) is 1.41. The second-order valence-corrected chi connectivity index (χ2v) is 4.14. The highest BCUT2D eigenvalue weighted by atomic mass is 31.1. The van der Waals surface area contributed by atoms with Crippen molar-refractivity contribution < 1.29 is 13.6 Å². The molecule has 0 aromatic heterocycles. The number of rotatable bonds is 8. The largest absolute Gasteiger partial charge is 0.697 e. The van der Waals surface area contributed by atoms with Gasteiger partial charge in [-0.25, -0.2) is 0 Å². The van der Waals surface area contributed by atoms with E-state index >= 15 is 0 Å². The highest BCUT2D eigenvalue weighted by Gasteiger charge is 2.26. The van der Waals surface area contributed by atoms with Gasteiger partial charge >= 0.3 is 8.25 Å². The monoisotopic (exact) mass is 223 g/mol. The van der Waals surface area contributed by atoms with Crippen LogP contribution in [0.3, 0.4) is 0 Å². The lowest BCUT2D eigenvalue weighted by molar-refractivity contribution is 0.158. The minimum Gasteiger partial charge on any atom is -0.330 e. The Morgan fingerprint density at radius 3 is 2.50 bits per heavy atom. The van der Waals surface area contributed by atoms with Crippen molar-refractivity contribution in [1.82, 2.24) is 0 Å². The van der Waals surface area contributed by atoms with E-state index in [2.05, 4.69) is 0 Å². The smallest absolute Gasteiger partial charge is 0.330 e. The summed E-state index contributed by atoms with van der Waals surface area (Å²) in [6, 6.07) is -0.151. The maximum Gasteiger partial charge on any atom is 0.697 e. The van der Waals surface area contributed by atoms with E-state index in [1.807, 2.05) is 0 Å². The van der Waals surface area contributed by atoms with Gasteiger partial charge in [0.1, 0.15) is 12.7 Å². The van der Waals surface area contributed by atoms with Crippen LogP contribution in [0.25, 0.3) is 0 Å². The highest BCUT2D eigenvalue weighted by molar-refractivity contribution is 7.33. The van der Waals surface area contributed by atoms with Gasteiger partial charge in [-0.2, -0.15) is 0 Å². The quantitative estimate of drug-likeness (QED) is 0.476. The fraction of sp³-hybridized carbons (Fsp3) is 1.00. The van der Waals surface area contributed by atoms with Crippen LogP contribution >= 0.6 is 8.25 Å². The Morgan fingerprint density at radius 2 is 2.00 bits per heavy atom. The van der Waals surface area contributed by atoms with E-state index in [9.17, 15) is 4.57 Å². The van der Waals surface area contributed by atoms with Gasteiger partial charge in [-0.15, -0.1) is 9.05 Å². The molecule has 0 bridgehead atoms. The average Bonchev–Trinajstić information content (AvgIpc) is 2.12. The Hall–Kier alpha value is -0.0600. The van der Waals surface area contributed by atoms with E-state index in [0.717, 1.165) is 12.8 Å². The fourth-order valence-corrected chi connectivity index (χ4v) is 1.45. The third-order valence-corrected chi connectivity index (χ3v) is 2.69. The van der Waals surface area contributed by atoms with Crippen LogP contribution in [0.4, 0.5) is 0 Å². The second kappa shape index (κ2) is 8.26. The molecular weight excluding hydrogens is 203 g/mol. The molecule has 0 aromatic carbocycles. The molecule has 3 unspecified atom stereocenters. The average molecular weight is 223 g/mol. The molecule has 0 fully saturated rings. The molecule has 0 aromatic rings. The van der Waals surface area contributed by atoms with E-state index in [1.54, 1.807) is 13.8 Å². The molecular formula is C8H20N2O3P+. The third kappa shape index (κ3) is 7.35. The van der Waals surface area contributed by atoms with E-state index in [1.165, 1.54) is 0 Å². The van der Waals surface area contributed by atoms with Gasteiger partial charge in [0.2, 0.25) is 0 Å². The fourth-order valence-electron chi connectivity index (χ4n) is 0.648. The first-order chi connectivity index (χ1) is 6.57. The van der Waals surface area contributed by atoms with Gasteiger partial charge in [0.25, 0.3) is 0 Å². The molecule has 0 rings (SSSR count). The highest BCUT2D eigenvalue weighted by Crippen LogP contribution is 2.26. The Balaban J connectivity index is 3.45. The molecule has 5 nitrogen and oxygen atoms in total. The van der Waals surface area contributed by atoms with Gasteiger partial charge in [-0.3, -0.25) is 0 Å². The number of hydrogen-bond acceptors (Lipinski definition) is 5. The van der Waals surface area contributed by atoms with E-state index in [4.69, 9.17) is 20.5 Å². The molecule has 0 aliphatic carbocycles. The summed E-state index contributed by atoms with van der Waals surface area (Å²) in [4.78, 5) is 0. The lowest BCUT2D eigenvalue weighted by Crippen LogP contribution is -2.29. The van der Waals surface area contributed by atoms with Gasteiger partial charge in [0, 0.05) is 10.6 Å². The molecule has 0 aliphatic rings. The maximum atomic E-state index is 11.1. The molecule has 14 heavy (non-hydrogen) atoms. The van der Waals surface area contributed by atoms with Crippen LogP contribution in [0, 0.1) is 0 Å². The zero-order valence-corrected chi connectivity index (χ0v) is 9.70. The number of unbranched alkanes of at least 4 members (excludes halogenated alkanes) is 1. The molecule has 0 saturated carbocycles. The van der Waals surface area contributed by atoms with Crippen LogP contribution in [0.1, 0.15) is 26.7 Å². The van der Waals surface area contributed by atoms with Crippen molar-refractivity contribution in [2.75, 3.05) is 13.2 Å². The predicted molar refractivity (Wildman–Crippen MR) is 56.0 cm³/mol. The minimum atomic E-state index is -2.04. The first-order valence-corrected chi connectivity index (χ1v) is 5.90. The van der Waals surface area contributed by atoms with Crippen molar-refractivity contribution in [3.63, 3.8) is 0 Å². The molecule has 0 heterocycles. The lowest BCUT2D eigenvalue weighted by Gasteiger charge is -2.07. The lowest BCUT2D eigenvalue weighted by atomic mass is 10.2. The molecule has 0 spiro atoms. The Bertz CT molecular complexity index is 167. The summed E-state index contributed by atoms with van der Waals surface area (Å²) in [5.41, 5.74) is 10.8. The van der Waals surface area contributed by atoms with Gasteiger partial charge in [-0.1, -0.05) is 0 Å². The van der Waals surface area contributed by atoms with Crippen molar-refractivity contribution in [1.29, 1.82) is 0 Å². The Morgan fingerprint density at radius 1 is 1.36 bits per heavy atom. The summed E-state index contributed by atoms with van der Waals surface area (Å²) in [7, 11) is -2.04. The van der Waals surface area contributed by atoms with Crippen molar-refractivity contribution in [2.45, 2.75) is 38.8 Å². The normalized spacial score (nSPS) is 16.4. The van der Waals surface area contributed by atoms with E-state index in [-0.39, 0.29) is 12.1 Å². The standard InChI is InChI=1S/C8H20N2O3P/c1-7(10)8(2)13-14(11)12-6-4-3-5-9/h7-8H,3-6,9-10H2,1-2H3/q+1. The Kier molecular flexibility index (Phi) is 8.23. The number of hydrogen-bond donors (Lipinski definition) is 2. The number of nitrogens with two attached hydrogens (primary N) is 2. The van der Waals surface area contributed by atoms with Crippen LogP contribution in [0.2, 0.25) is 0 Å². The minimum absolute atomic E-state index is 0.151. The van der Waals surface area contributed by atoms with Crippen LogP contribution in [0.15, 0.2) is 0 Å². The van der Waals surface area contributed by atoms with Gasteiger partial charge in [-0.05, 0) is 33.2 Å². The predicted octanol–water partition coefficient (Wildman–Crippen LogP) is 1.15. The first-order valence-electron chi connectivity index (χ1n) is 4.80. The van der Waals surface area contributed by atoms with Gasteiger partial charge in [0.05, 0.1) is 0 Å². The summed E-state index contributed by atoms with van der Waals surface area (Å²) in [5.74, 6) is 0. The van der Waals surface area contributed by atoms with Crippen LogP contribution in [0.5, 0.6) is 0 Å². The molecule has 0 aliphatic heterocycles. The topological polar surface area (TPSA) is 87.6 Å². The van der Waals surface area contributed by atoms with Gasteiger partial charge < -0.3 is 11.5 Å². The van der Waals surface area contributed by atoms with Crippen LogP contribution < -0.4 is 11.5 Å². The SMILES string of the molecule is CC(N)C(C)O[P+](=O)OCCCCN. The van der Waals surface area contributed by atoms with Crippen molar-refractivity contribution in [3.8, 4) is 0 Å². The molecule has 0 radical (unpaired) electrons. The van der Waals surface area contributed by atoms with Crippen molar-refractivity contribution in [3.05, 3.63) is 0 Å². The molecule has 84 valence electrons. The zero-order valence-electron chi connectivity index (χ0n) is 8.81. The van der Waals surface area contributed by atoms with Gasteiger partial charge in [0.15, 0.2) is 0 Å². The molecule has 6 heteroatoms. The van der Waals surface area contributed by atoms with E-state index in [0.29, 0.717) is 13.2 Å².